The number of aromatic nitrogens is 1. The lowest BCUT2D eigenvalue weighted by Gasteiger charge is -2.06. The highest BCUT2D eigenvalue weighted by molar-refractivity contribution is 5.96. The summed E-state index contributed by atoms with van der Waals surface area (Å²) < 4.78 is 5.97. The summed E-state index contributed by atoms with van der Waals surface area (Å²) in [6.07, 6.45) is 1.73. The first-order valence-corrected chi connectivity index (χ1v) is 6.70. The SMILES string of the molecule is O=c1c2ccccc2oc2c(-c3ccccn3)cccc12. The second-order valence-corrected chi connectivity index (χ2v) is 4.82. The summed E-state index contributed by atoms with van der Waals surface area (Å²) in [7, 11) is 0. The third-order valence-electron chi connectivity index (χ3n) is 3.54. The van der Waals surface area contributed by atoms with Gasteiger partial charge in [-0.2, -0.15) is 0 Å². The Labute approximate surface area is 120 Å². The summed E-state index contributed by atoms with van der Waals surface area (Å²) in [5.41, 5.74) is 2.79. The number of hydrogen-bond acceptors (Lipinski definition) is 3. The lowest BCUT2D eigenvalue weighted by Crippen LogP contribution is -2.02. The van der Waals surface area contributed by atoms with Gasteiger partial charge >= 0.3 is 0 Å². The molecule has 0 amide bonds. The first-order chi connectivity index (χ1) is 10.3. The molecule has 0 aliphatic carbocycles. The summed E-state index contributed by atoms with van der Waals surface area (Å²) in [5, 5.41) is 1.18. The molecule has 0 saturated carbocycles. The van der Waals surface area contributed by atoms with Crippen molar-refractivity contribution in [1.82, 2.24) is 4.98 Å². The Kier molecular flexibility index (Phi) is 2.57. The van der Waals surface area contributed by atoms with Gasteiger partial charge in [-0.1, -0.05) is 24.3 Å². The molecule has 21 heavy (non-hydrogen) atoms. The summed E-state index contributed by atoms with van der Waals surface area (Å²) >= 11 is 0. The minimum atomic E-state index is -0.00960. The van der Waals surface area contributed by atoms with Crippen molar-refractivity contribution in [2.75, 3.05) is 0 Å². The van der Waals surface area contributed by atoms with E-state index >= 15 is 0 Å². The molecule has 0 saturated heterocycles. The molecule has 0 bridgehead atoms. The number of pyridine rings is 1. The Morgan fingerprint density at radius 1 is 0.810 bits per heavy atom. The molecule has 4 rings (SSSR count). The molecule has 100 valence electrons. The van der Waals surface area contributed by atoms with Gasteiger partial charge in [0.2, 0.25) is 5.43 Å². The molecule has 0 unspecified atom stereocenters. The summed E-state index contributed by atoms with van der Waals surface area (Å²) in [4.78, 5) is 16.9. The molecule has 2 aromatic carbocycles. The second kappa shape index (κ2) is 4.56. The van der Waals surface area contributed by atoms with Crippen LogP contribution in [0.2, 0.25) is 0 Å². The number of fused-ring (bicyclic) bond motifs is 2. The van der Waals surface area contributed by atoms with Crippen molar-refractivity contribution in [3.63, 3.8) is 0 Å². The van der Waals surface area contributed by atoms with Gasteiger partial charge in [-0.25, -0.2) is 0 Å². The normalized spacial score (nSPS) is 11.0. The van der Waals surface area contributed by atoms with E-state index in [-0.39, 0.29) is 5.43 Å². The van der Waals surface area contributed by atoms with E-state index in [1.165, 1.54) is 0 Å². The third-order valence-corrected chi connectivity index (χ3v) is 3.54. The fraction of sp³-hybridized carbons (Fsp3) is 0. The predicted octanol–water partition coefficient (Wildman–Crippen LogP) is 4.01. The van der Waals surface area contributed by atoms with Crippen LogP contribution in [0, 0.1) is 0 Å². The minimum Gasteiger partial charge on any atom is -0.455 e. The van der Waals surface area contributed by atoms with Gasteiger partial charge in [0.1, 0.15) is 11.2 Å². The summed E-state index contributed by atoms with van der Waals surface area (Å²) in [6, 6.07) is 18.6. The van der Waals surface area contributed by atoms with E-state index in [1.807, 2.05) is 48.5 Å². The lowest BCUT2D eigenvalue weighted by atomic mass is 10.1. The van der Waals surface area contributed by atoms with Crippen LogP contribution in [0.3, 0.4) is 0 Å². The highest BCUT2D eigenvalue weighted by atomic mass is 16.3. The average Bonchev–Trinajstić information content (AvgIpc) is 2.56. The van der Waals surface area contributed by atoms with Crippen LogP contribution in [-0.4, -0.2) is 4.98 Å². The standard InChI is InChI=1S/C18H11NO2/c20-17-13-6-1-2-10-16(13)21-18-12(7-5-8-14(17)18)15-9-3-4-11-19-15/h1-11H. The maximum absolute atomic E-state index is 12.6. The van der Waals surface area contributed by atoms with E-state index < -0.39 is 0 Å². The van der Waals surface area contributed by atoms with Crippen LogP contribution in [-0.2, 0) is 0 Å². The zero-order valence-corrected chi connectivity index (χ0v) is 11.1. The number of rotatable bonds is 1. The van der Waals surface area contributed by atoms with Crippen molar-refractivity contribution in [2.24, 2.45) is 0 Å². The zero-order valence-electron chi connectivity index (χ0n) is 11.1. The average molecular weight is 273 g/mol. The third kappa shape index (κ3) is 1.82. The van der Waals surface area contributed by atoms with Crippen LogP contribution < -0.4 is 5.43 Å². The quantitative estimate of drug-likeness (QED) is 0.492. The predicted molar refractivity (Wildman–Crippen MR) is 83.2 cm³/mol. The van der Waals surface area contributed by atoms with Crippen molar-refractivity contribution in [1.29, 1.82) is 0 Å². The molecular formula is C18H11NO2. The van der Waals surface area contributed by atoms with Crippen LogP contribution in [0.5, 0.6) is 0 Å². The number of para-hydroxylation sites is 2. The molecule has 3 nitrogen and oxygen atoms in total. The highest BCUT2D eigenvalue weighted by Crippen LogP contribution is 2.28. The number of nitrogens with zero attached hydrogens (tertiary/aromatic N) is 1. The largest absolute Gasteiger partial charge is 0.455 e. The first kappa shape index (κ1) is 11.9. The van der Waals surface area contributed by atoms with Gasteiger partial charge < -0.3 is 4.42 Å². The highest BCUT2D eigenvalue weighted by Gasteiger charge is 2.12. The first-order valence-electron chi connectivity index (χ1n) is 6.70. The Morgan fingerprint density at radius 3 is 2.48 bits per heavy atom. The minimum absolute atomic E-state index is 0.00960. The zero-order chi connectivity index (χ0) is 14.2. The van der Waals surface area contributed by atoms with Crippen LogP contribution in [0.25, 0.3) is 33.2 Å². The Bertz CT molecular complexity index is 1000. The van der Waals surface area contributed by atoms with E-state index in [2.05, 4.69) is 4.98 Å². The smallest absolute Gasteiger partial charge is 0.200 e. The maximum Gasteiger partial charge on any atom is 0.200 e. The summed E-state index contributed by atoms with van der Waals surface area (Å²) in [6.45, 7) is 0. The molecule has 0 aliphatic rings. The molecule has 3 heteroatoms. The van der Waals surface area contributed by atoms with Gasteiger partial charge in [0.15, 0.2) is 0 Å². The molecule has 2 aromatic heterocycles. The molecule has 0 fully saturated rings. The van der Waals surface area contributed by atoms with Crippen LogP contribution in [0.15, 0.2) is 76.1 Å². The van der Waals surface area contributed by atoms with Crippen molar-refractivity contribution < 1.29 is 4.42 Å². The summed E-state index contributed by atoms with van der Waals surface area (Å²) in [5.74, 6) is 0. The van der Waals surface area contributed by atoms with Gasteiger partial charge in [-0.05, 0) is 36.4 Å². The Hall–Kier alpha value is -2.94. The maximum atomic E-state index is 12.6. The van der Waals surface area contributed by atoms with Gasteiger partial charge in [0.25, 0.3) is 0 Å². The van der Waals surface area contributed by atoms with Gasteiger partial charge in [-0.3, -0.25) is 9.78 Å². The molecule has 0 spiro atoms. The van der Waals surface area contributed by atoms with Crippen LogP contribution in [0.1, 0.15) is 0 Å². The Morgan fingerprint density at radius 2 is 1.62 bits per heavy atom. The Balaban J connectivity index is 2.18. The monoisotopic (exact) mass is 273 g/mol. The van der Waals surface area contributed by atoms with E-state index in [4.69, 9.17) is 4.42 Å². The van der Waals surface area contributed by atoms with Crippen LogP contribution in [0.4, 0.5) is 0 Å². The van der Waals surface area contributed by atoms with Crippen molar-refractivity contribution >= 4 is 21.9 Å². The number of hydrogen-bond donors (Lipinski definition) is 0. The topological polar surface area (TPSA) is 43.1 Å². The van der Waals surface area contributed by atoms with Crippen molar-refractivity contribution in [3.05, 3.63) is 77.1 Å². The van der Waals surface area contributed by atoms with E-state index in [1.54, 1.807) is 18.3 Å². The van der Waals surface area contributed by atoms with Crippen molar-refractivity contribution in [3.8, 4) is 11.3 Å². The lowest BCUT2D eigenvalue weighted by molar-refractivity contribution is 0.661. The number of benzene rings is 2. The molecule has 0 radical (unpaired) electrons. The van der Waals surface area contributed by atoms with Crippen LogP contribution >= 0.6 is 0 Å². The molecular weight excluding hydrogens is 262 g/mol. The van der Waals surface area contributed by atoms with Crippen molar-refractivity contribution in [2.45, 2.75) is 0 Å². The fourth-order valence-corrected chi connectivity index (χ4v) is 2.55. The molecule has 0 atom stereocenters. The van der Waals surface area contributed by atoms with E-state index in [0.717, 1.165) is 11.3 Å². The fourth-order valence-electron chi connectivity index (χ4n) is 2.55. The van der Waals surface area contributed by atoms with E-state index in [9.17, 15) is 4.79 Å². The van der Waals surface area contributed by atoms with Gasteiger partial charge in [0, 0.05) is 11.8 Å². The van der Waals surface area contributed by atoms with Gasteiger partial charge in [-0.15, -0.1) is 0 Å². The van der Waals surface area contributed by atoms with Gasteiger partial charge in [0.05, 0.1) is 16.5 Å². The molecule has 0 aliphatic heterocycles. The molecule has 4 aromatic rings. The second-order valence-electron chi connectivity index (χ2n) is 4.82. The molecule has 0 N–H and O–H groups in total. The molecule has 2 heterocycles. The van der Waals surface area contributed by atoms with E-state index in [0.29, 0.717) is 21.9 Å².